The van der Waals surface area contributed by atoms with Crippen LogP contribution in [0.4, 0.5) is 24.5 Å². The first-order valence-corrected chi connectivity index (χ1v) is 17.3. The Balaban J connectivity index is 1.45. The van der Waals surface area contributed by atoms with E-state index in [0.717, 1.165) is 18.2 Å². The van der Waals surface area contributed by atoms with Gasteiger partial charge in [0.25, 0.3) is 15.9 Å². The number of nitrogens with zero attached hydrogens (tertiary/aromatic N) is 1. The molecule has 1 saturated heterocycles. The minimum Gasteiger partial charge on any atom is -0.478 e. The molecular formula is C30H27F3N2O8S2. The summed E-state index contributed by atoms with van der Waals surface area (Å²) in [6.07, 6.45) is -3.51. The Bertz CT molecular complexity index is 1910. The van der Waals surface area contributed by atoms with Crippen molar-refractivity contribution >= 4 is 43.1 Å². The molecule has 0 bridgehead atoms. The van der Waals surface area contributed by atoms with E-state index in [4.69, 9.17) is 0 Å². The molecule has 10 nitrogen and oxygen atoms in total. The van der Waals surface area contributed by atoms with Gasteiger partial charge in [-0.05, 0) is 85.7 Å². The Kier molecular flexibility index (Phi) is 7.39. The van der Waals surface area contributed by atoms with Gasteiger partial charge in [-0.1, -0.05) is 12.1 Å². The molecule has 1 spiro atoms. The van der Waals surface area contributed by atoms with Gasteiger partial charge in [-0.2, -0.15) is 0 Å². The number of carbonyl (C=O) groups excluding carboxylic acids is 1. The summed E-state index contributed by atoms with van der Waals surface area (Å²) >= 11 is 0. The predicted molar refractivity (Wildman–Crippen MR) is 157 cm³/mol. The molecule has 1 atom stereocenters. The molecule has 3 aliphatic rings. The zero-order chi connectivity index (χ0) is 32.4. The smallest absolute Gasteiger partial charge is 0.478 e. The molecule has 3 aromatic carbocycles. The van der Waals surface area contributed by atoms with Crippen LogP contribution in [0.25, 0.3) is 0 Å². The largest absolute Gasteiger partial charge is 0.573 e. The Morgan fingerprint density at radius 1 is 0.956 bits per heavy atom. The van der Waals surface area contributed by atoms with Crippen molar-refractivity contribution < 1.29 is 49.4 Å². The number of anilines is 2. The van der Waals surface area contributed by atoms with Crippen LogP contribution >= 0.6 is 0 Å². The topological polar surface area (TPSA) is 147 Å². The van der Waals surface area contributed by atoms with E-state index in [0.29, 0.717) is 18.4 Å². The number of hydrogen-bond acceptors (Lipinski definition) is 7. The normalized spacial score (nSPS) is 20.4. The van der Waals surface area contributed by atoms with Crippen molar-refractivity contribution in [1.82, 2.24) is 0 Å². The van der Waals surface area contributed by atoms with Crippen LogP contribution < -0.4 is 14.4 Å². The minimum absolute atomic E-state index is 0.0399. The van der Waals surface area contributed by atoms with Crippen molar-refractivity contribution in [3.63, 3.8) is 0 Å². The molecule has 2 fully saturated rings. The highest BCUT2D eigenvalue weighted by atomic mass is 32.2. The lowest BCUT2D eigenvalue weighted by Gasteiger charge is -2.41. The zero-order valence-corrected chi connectivity index (χ0v) is 25.1. The van der Waals surface area contributed by atoms with Crippen LogP contribution in [-0.4, -0.2) is 57.7 Å². The zero-order valence-electron chi connectivity index (χ0n) is 23.5. The molecule has 1 amide bonds. The minimum atomic E-state index is -5.04. The van der Waals surface area contributed by atoms with Crippen LogP contribution in [0.3, 0.4) is 0 Å². The standard InChI is InChI=1S/C30H27F3N2O8S2/c31-30(32,33)43-22-5-2-6-23(17-22)45(41,42)35-25-10-9-19(27(36)34-21-4-1-3-20(15-21)28(37)38)16-24(25)29(26(35)18-7-8-18)11-13-44(39,40)14-12-29/h1-6,9-10,15-18,26H,7-8,11-14H2,(H,34,36)(H,37,38). The monoisotopic (exact) mass is 664 g/mol. The van der Waals surface area contributed by atoms with E-state index in [1.165, 1.54) is 52.8 Å². The summed E-state index contributed by atoms with van der Waals surface area (Å²) in [7, 11) is -7.90. The fraction of sp³-hybridized carbons (Fsp3) is 0.333. The van der Waals surface area contributed by atoms with Gasteiger partial charge in [0.15, 0.2) is 0 Å². The SMILES string of the molecule is O=C(O)c1cccc(NC(=O)c2ccc3c(c2)C2(CCS(=O)(=O)CC2)C(C2CC2)N3S(=O)(=O)c2cccc(OC(F)(F)F)c2)c1. The summed E-state index contributed by atoms with van der Waals surface area (Å²) in [5, 5.41) is 11.9. The lowest BCUT2D eigenvalue weighted by atomic mass is 9.70. The van der Waals surface area contributed by atoms with Crippen LogP contribution in [0.5, 0.6) is 5.75 Å². The Morgan fingerprint density at radius 2 is 1.64 bits per heavy atom. The van der Waals surface area contributed by atoms with Gasteiger partial charge in [-0.15, -0.1) is 13.2 Å². The maximum atomic E-state index is 14.3. The van der Waals surface area contributed by atoms with E-state index in [-0.39, 0.29) is 52.8 Å². The number of amides is 1. The third-order valence-corrected chi connectivity index (χ3v) is 12.0. The maximum absolute atomic E-state index is 14.3. The van der Waals surface area contributed by atoms with E-state index < -0.39 is 60.2 Å². The Labute approximate surface area is 256 Å². The molecule has 15 heteroatoms. The van der Waals surface area contributed by atoms with Crippen molar-refractivity contribution in [3.05, 3.63) is 83.4 Å². The number of halogens is 3. The number of sulfone groups is 1. The number of fused-ring (bicyclic) bond motifs is 2. The predicted octanol–water partition coefficient (Wildman–Crippen LogP) is 4.97. The highest BCUT2D eigenvalue weighted by Crippen LogP contribution is 2.59. The van der Waals surface area contributed by atoms with Crippen LogP contribution in [0.2, 0.25) is 0 Å². The number of nitrogens with one attached hydrogen (secondary N) is 1. The molecule has 0 aromatic heterocycles. The average molecular weight is 665 g/mol. The van der Waals surface area contributed by atoms with Gasteiger partial charge in [0, 0.05) is 22.7 Å². The van der Waals surface area contributed by atoms with E-state index in [9.17, 15) is 44.7 Å². The van der Waals surface area contributed by atoms with E-state index in [1.54, 1.807) is 0 Å². The second-order valence-corrected chi connectivity index (χ2v) is 15.6. The summed E-state index contributed by atoms with van der Waals surface area (Å²) < 4.78 is 97.7. The van der Waals surface area contributed by atoms with Crippen LogP contribution in [-0.2, 0) is 25.3 Å². The van der Waals surface area contributed by atoms with E-state index in [1.807, 2.05) is 0 Å². The van der Waals surface area contributed by atoms with Gasteiger partial charge < -0.3 is 15.2 Å². The van der Waals surface area contributed by atoms with E-state index in [2.05, 4.69) is 10.1 Å². The number of hydrogen-bond donors (Lipinski definition) is 2. The summed E-state index contributed by atoms with van der Waals surface area (Å²) in [5.41, 5.74) is 0.0258. The Morgan fingerprint density at radius 3 is 2.29 bits per heavy atom. The average Bonchev–Trinajstić information content (AvgIpc) is 3.77. The van der Waals surface area contributed by atoms with Crippen molar-refractivity contribution in [2.24, 2.45) is 5.92 Å². The van der Waals surface area contributed by atoms with Gasteiger partial charge >= 0.3 is 12.3 Å². The second-order valence-electron chi connectivity index (χ2n) is 11.5. The molecule has 1 unspecified atom stereocenters. The Hall–Kier alpha value is -4.11. The highest BCUT2D eigenvalue weighted by molar-refractivity contribution is 7.93. The molecule has 2 heterocycles. The second kappa shape index (κ2) is 10.8. The number of carbonyl (C=O) groups is 2. The van der Waals surface area contributed by atoms with Gasteiger partial charge in [-0.25, -0.2) is 21.6 Å². The highest BCUT2D eigenvalue weighted by Gasteiger charge is 2.60. The number of rotatable bonds is 7. The quantitative estimate of drug-likeness (QED) is 0.360. The van der Waals surface area contributed by atoms with Crippen molar-refractivity contribution in [2.75, 3.05) is 21.1 Å². The third-order valence-electron chi connectivity index (χ3n) is 8.60. The molecular weight excluding hydrogens is 637 g/mol. The number of carboxylic acid groups (broad SMARTS) is 1. The summed E-state index contributed by atoms with van der Waals surface area (Å²) in [4.78, 5) is 24.3. The van der Waals surface area contributed by atoms with Crippen molar-refractivity contribution in [3.8, 4) is 5.75 Å². The lowest BCUT2D eigenvalue weighted by molar-refractivity contribution is -0.274. The maximum Gasteiger partial charge on any atom is 0.573 e. The number of sulfonamides is 1. The molecule has 45 heavy (non-hydrogen) atoms. The molecule has 2 aliphatic heterocycles. The molecule has 3 aromatic rings. The van der Waals surface area contributed by atoms with Gasteiger partial charge in [0.2, 0.25) is 0 Å². The summed E-state index contributed by atoms with van der Waals surface area (Å²) in [6, 6.07) is 13.4. The number of alkyl halides is 3. The first-order valence-electron chi connectivity index (χ1n) is 14.0. The first-order chi connectivity index (χ1) is 21.1. The van der Waals surface area contributed by atoms with Gasteiger partial charge in [0.05, 0.1) is 33.7 Å². The fourth-order valence-corrected chi connectivity index (χ4v) is 9.87. The van der Waals surface area contributed by atoms with Gasteiger partial charge in [0.1, 0.15) is 15.6 Å². The molecule has 0 radical (unpaired) electrons. The van der Waals surface area contributed by atoms with E-state index >= 15 is 0 Å². The van der Waals surface area contributed by atoms with Crippen molar-refractivity contribution in [2.45, 2.75) is 48.4 Å². The third kappa shape index (κ3) is 5.86. The molecule has 1 saturated carbocycles. The number of benzene rings is 3. The molecule has 6 rings (SSSR count). The fourth-order valence-electron chi connectivity index (χ4n) is 6.48. The number of ether oxygens (including phenoxy) is 1. The van der Waals surface area contributed by atoms with Gasteiger partial charge in [-0.3, -0.25) is 9.10 Å². The molecule has 2 N–H and O–H groups in total. The lowest BCUT2D eigenvalue weighted by Crippen LogP contribution is -2.52. The van der Waals surface area contributed by atoms with Crippen LogP contribution in [0.1, 0.15) is 52.0 Å². The first kappa shape index (κ1) is 30.9. The summed E-state index contributed by atoms with van der Waals surface area (Å²) in [5.74, 6) is -3.02. The summed E-state index contributed by atoms with van der Waals surface area (Å²) in [6.45, 7) is 0. The van der Waals surface area contributed by atoms with Crippen molar-refractivity contribution in [1.29, 1.82) is 0 Å². The molecule has 1 aliphatic carbocycles. The number of carboxylic acids is 1. The van der Waals surface area contributed by atoms with Crippen LogP contribution in [0, 0.1) is 5.92 Å². The van der Waals surface area contributed by atoms with Crippen LogP contribution in [0.15, 0.2) is 71.6 Å². The molecule has 238 valence electrons. The number of aromatic carboxylic acids is 1.